The second-order valence-corrected chi connectivity index (χ2v) is 3.67. The van der Waals surface area contributed by atoms with Crippen molar-refractivity contribution in [2.45, 2.75) is 13.5 Å². The fourth-order valence-corrected chi connectivity index (χ4v) is 1.69. The first-order chi connectivity index (χ1) is 6.74. The lowest BCUT2D eigenvalue weighted by Gasteiger charge is -1.94. The Labute approximate surface area is 86.1 Å². The average molecular weight is 210 g/mol. The van der Waals surface area contributed by atoms with Crippen LogP contribution < -0.4 is 5.32 Å². The van der Waals surface area contributed by atoms with Crippen LogP contribution in [0.1, 0.15) is 11.8 Å². The van der Waals surface area contributed by atoms with E-state index in [0.29, 0.717) is 13.1 Å². The first-order valence-corrected chi connectivity index (χ1v) is 4.89. The van der Waals surface area contributed by atoms with Crippen LogP contribution in [0.25, 0.3) is 0 Å². The number of thiophene rings is 1. The van der Waals surface area contributed by atoms with Gasteiger partial charge in [0.05, 0.1) is 11.5 Å². The number of nitrogens with zero attached hydrogens (tertiary/aromatic N) is 1. The SMILES string of the molecule is CC#CCNCc1ccc([N+](=O)[O-])s1. The highest BCUT2D eigenvalue weighted by Gasteiger charge is 2.08. The van der Waals surface area contributed by atoms with Crippen LogP contribution >= 0.6 is 11.3 Å². The summed E-state index contributed by atoms with van der Waals surface area (Å²) < 4.78 is 0. The zero-order chi connectivity index (χ0) is 10.4. The van der Waals surface area contributed by atoms with Crippen LogP contribution in [0.2, 0.25) is 0 Å². The van der Waals surface area contributed by atoms with Crippen LogP contribution in [-0.4, -0.2) is 11.5 Å². The smallest absolute Gasteiger partial charge is 0.301 e. The zero-order valence-corrected chi connectivity index (χ0v) is 8.56. The largest absolute Gasteiger partial charge is 0.324 e. The summed E-state index contributed by atoms with van der Waals surface area (Å²) in [6, 6.07) is 3.28. The minimum Gasteiger partial charge on any atom is -0.301 e. The van der Waals surface area contributed by atoms with E-state index in [1.807, 2.05) is 0 Å². The molecular formula is C9H10N2O2S. The lowest BCUT2D eigenvalue weighted by molar-refractivity contribution is -0.380. The maximum absolute atomic E-state index is 10.4. The van der Waals surface area contributed by atoms with Crippen LogP contribution in [0.3, 0.4) is 0 Å². The molecule has 1 aromatic rings. The van der Waals surface area contributed by atoms with Gasteiger partial charge in [-0.25, -0.2) is 0 Å². The molecule has 0 spiro atoms. The highest BCUT2D eigenvalue weighted by molar-refractivity contribution is 7.15. The normalized spacial score (nSPS) is 9.21. The highest BCUT2D eigenvalue weighted by atomic mass is 32.1. The Kier molecular flexibility index (Phi) is 4.11. The van der Waals surface area contributed by atoms with Crippen molar-refractivity contribution < 1.29 is 4.92 Å². The molecule has 0 radical (unpaired) electrons. The molecule has 0 unspecified atom stereocenters. The summed E-state index contributed by atoms with van der Waals surface area (Å²) in [5.74, 6) is 5.62. The number of rotatable bonds is 4. The molecule has 0 aliphatic rings. The summed E-state index contributed by atoms with van der Waals surface area (Å²) in [5.41, 5.74) is 0. The Morgan fingerprint density at radius 1 is 1.64 bits per heavy atom. The molecule has 1 aromatic heterocycles. The number of nitrogens with one attached hydrogen (secondary N) is 1. The molecule has 0 aliphatic carbocycles. The molecule has 5 heteroatoms. The molecule has 4 nitrogen and oxygen atoms in total. The summed E-state index contributed by atoms with van der Waals surface area (Å²) in [6.07, 6.45) is 0. The average Bonchev–Trinajstić information content (AvgIpc) is 2.61. The van der Waals surface area contributed by atoms with E-state index in [2.05, 4.69) is 17.2 Å². The van der Waals surface area contributed by atoms with Crippen molar-refractivity contribution in [1.82, 2.24) is 5.32 Å². The Hall–Kier alpha value is -1.38. The van der Waals surface area contributed by atoms with E-state index in [0.717, 1.165) is 4.88 Å². The Balaban J connectivity index is 2.42. The first-order valence-electron chi connectivity index (χ1n) is 4.07. The summed E-state index contributed by atoms with van der Waals surface area (Å²) in [6.45, 7) is 3.02. The van der Waals surface area contributed by atoms with Gasteiger partial charge in [0.1, 0.15) is 0 Å². The Morgan fingerprint density at radius 3 is 3.00 bits per heavy atom. The molecule has 0 saturated carbocycles. The molecule has 1 N–H and O–H groups in total. The molecule has 0 atom stereocenters. The third-order valence-electron chi connectivity index (χ3n) is 1.52. The molecule has 74 valence electrons. The van der Waals surface area contributed by atoms with Crippen molar-refractivity contribution in [3.05, 3.63) is 27.1 Å². The van der Waals surface area contributed by atoms with E-state index < -0.39 is 0 Å². The van der Waals surface area contributed by atoms with Crippen molar-refractivity contribution >= 4 is 16.3 Å². The molecule has 1 rings (SSSR count). The van der Waals surface area contributed by atoms with E-state index >= 15 is 0 Å². The minimum absolute atomic E-state index is 0.184. The maximum atomic E-state index is 10.4. The third kappa shape index (κ3) is 3.17. The van der Waals surface area contributed by atoms with E-state index in [4.69, 9.17) is 0 Å². The Morgan fingerprint density at radius 2 is 2.43 bits per heavy atom. The monoisotopic (exact) mass is 210 g/mol. The van der Waals surface area contributed by atoms with Gasteiger partial charge >= 0.3 is 5.00 Å². The molecule has 1 heterocycles. The van der Waals surface area contributed by atoms with Crippen molar-refractivity contribution in [1.29, 1.82) is 0 Å². The molecule has 14 heavy (non-hydrogen) atoms. The summed E-state index contributed by atoms with van der Waals surface area (Å²) >= 11 is 1.19. The molecule has 0 aromatic carbocycles. The van der Waals surface area contributed by atoms with Crippen molar-refractivity contribution in [2.75, 3.05) is 6.54 Å². The molecule has 0 aliphatic heterocycles. The van der Waals surface area contributed by atoms with E-state index in [-0.39, 0.29) is 9.92 Å². The second kappa shape index (κ2) is 5.37. The summed E-state index contributed by atoms with van der Waals surface area (Å²) in [7, 11) is 0. The quantitative estimate of drug-likeness (QED) is 0.356. The van der Waals surface area contributed by atoms with Gasteiger partial charge in [-0.1, -0.05) is 17.3 Å². The lowest BCUT2D eigenvalue weighted by Crippen LogP contribution is -2.11. The van der Waals surface area contributed by atoms with Gasteiger partial charge in [0.25, 0.3) is 0 Å². The van der Waals surface area contributed by atoms with Gasteiger partial charge in [0.15, 0.2) is 0 Å². The van der Waals surface area contributed by atoms with Crippen LogP contribution in [0.5, 0.6) is 0 Å². The second-order valence-electron chi connectivity index (χ2n) is 2.53. The first kappa shape index (κ1) is 10.7. The molecule has 0 saturated heterocycles. The van der Waals surface area contributed by atoms with Gasteiger partial charge in [0.2, 0.25) is 0 Å². The number of hydrogen-bond donors (Lipinski definition) is 1. The van der Waals surface area contributed by atoms with Gasteiger partial charge in [-0.3, -0.25) is 10.1 Å². The fraction of sp³-hybridized carbons (Fsp3) is 0.333. The van der Waals surface area contributed by atoms with Gasteiger partial charge in [-0.15, -0.1) is 5.92 Å². The number of hydrogen-bond acceptors (Lipinski definition) is 4. The van der Waals surface area contributed by atoms with Crippen LogP contribution in [0, 0.1) is 22.0 Å². The van der Waals surface area contributed by atoms with Crippen molar-refractivity contribution in [2.24, 2.45) is 0 Å². The molecule has 0 amide bonds. The Bertz CT molecular complexity index is 376. The highest BCUT2D eigenvalue weighted by Crippen LogP contribution is 2.23. The van der Waals surface area contributed by atoms with Crippen LogP contribution in [0.15, 0.2) is 12.1 Å². The van der Waals surface area contributed by atoms with Crippen LogP contribution in [-0.2, 0) is 6.54 Å². The van der Waals surface area contributed by atoms with E-state index in [1.165, 1.54) is 17.4 Å². The maximum Gasteiger partial charge on any atom is 0.324 e. The standard InChI is InChI=1S/C9H10N2O2S/c1-2-3-6-10-7-8-4-5-9(14-8)11(12)13/h4-5,10H,6-7H2,1H3. The van der Waals surface area contributed by atoms with Crippen molar-refractivity contribution in [3.8, 4) is 11.8 Å². The van der Waals surface area contributed by atoms with Crippen LogP contribution in [0.4, 0.5) is 5.00 Å². The van der Waals surface area contributed by atoms with Gasteiger partial charge in [0, 0.05) is 17.5 Å². The summed E-state index contributed by atoms with van der Waals surface area (Å²) in [4.78, 5) is 10.9. The molecule has 0 fully saturated rings. The van der Waals surface area contributed by atoms with Gasteiger partial charge < -0.3 is 5.32 Å². The van der Waals surface area contributed by atoms with E-state index in [1.54, 1.807) is 13.0 Å². The van der Waals surface area contributed by atoms with Gasteiger partial charge in [-0.05, 0) is 13.0 Å². The third-order valence-corrected chi connectivity index (χ3v) is 2.55. The predicted molar refractivity (Wildman–Crippen MR) is 56.1 cm³/mol. The molecular weight excluding hydrogens is 200 g/mol. The van der Waals surface area contributed by atoms with Gasteiger partial charge in [-0.2, -0.15) is 0 Å². The fourth-order valence-electron chi connectivity index (χ4n) is 0.896. The van der Waals surface area contributed by atoms with Crippen molar-refractivity contribution in [3.63, 3.8) is 0 Å². The van der Waals surface area contributed by atoms with E-state index in [9.17, 15) is 10.1 Å². The lowest BCUT2D eigenvalue weighted by atomic mass is 10.4. The number of nitro groups is 1. The molecule has 0 bridgehead atoms. The predicted octanol–water partition coefficient (Wildman–Crippen LogP) is 1.77. The zero-order valence-electron chi connectivity index (χ0n) is 7.74. The summed E-state index contributed by atoms with van der Waals surface area (Å²) in [5, 5.41) is 13.6. The minimum atomic E-state index is -0.375. The topological polar surface area (TPSA) is 55.2 Å².